The molecular weight excluding hydrogens is 274 g/mol. The molecule has 6 heteroatoms. The lowest BCUT2D eigenvalue weighted by Crippen LogP contribution is -2.38. The minimum absolute atomic E-state index is 0.328. The highest BCUT2D eigenvalue weighted by molar-refractivity contribution is 7.98. The van der Waals surface area contributed by atoms with Gasteiger partial charge in [-0.2, -0.15) is 11.8 Å². The molecule has 1 rings (SSSR count). The van der Waals surface area contributed by atoms with Gasteiger partial charge in [0.15, 0.2) is 5.96 Å². The van der Waals surface area contributed by atoms with Crippen LogP contribution in [0.2, 0.25) is 0 Å². The Morgan fingerprint density at radius 1 is 1.35 bits per heavy atom. The monoisotopic (exact) mass is 303 g/mol. The predicted octanol–water partition coefficient (Wildman–Crippen LogP) is 1.49. The lowest BCUT2D eigenvalue weighted by molar-refractivity contribution is 0.0168. The van der Waals surface area contributed by atoms with E-state index < -0.39 is 0 Å². The molecule has 0 aliphatic carbocycles. The molecule has 0 radical (unpaired) electrons. The Kier molecular flexibility index (Phi) is 10.8. The van der Waals surface area contributed by atoms with Crippen molar-refractivity contribution < 1.29 is 9.47 Å². The minimum Gasteiger partial charge on any atom is -0.379 e. The number of nitrogens with one attached hydrogen (secondary N) is 2. The highest BCUT2D eigenvalue weighted by Crippen LogP contribution is 2.11. The zero-order valence-corrected chi connectivity index (χ0v) is 13.6. The zero-order valence-electron chi connectivity index (χ0n) is 12.8. The molecule has 1 atom stereocenters. The molecule has 1 fully saturated rings. The molecule has 20 heavy (non-hydrogen) atoms. The molecule has 1 aliphatic heterocycles. The lowest BCUT2D eigenvalue weighted by atomic mass is 10.2. The van der Waals surface area contributed by atoms with E-state index in [1.807, 2.05) is 11.8 Å². The van der Waals surface area contributed by atoms with Crippen molar-refractivity contribution in [3.63, 3.8) is 0 Å². The van der Waals surface area contributed by atoms with Crippen molar-refractivity contribution >= 4 is 17.7 Å². The Hall–Kier alpha value is -0.460. The largest absolute Gasteiger partial charge is 0.379 e. The summed E-state index contributed by atoms with van der Waals surface area (Å²) in [7, 11) is 1.80. The lowest BCUT2D eigenvalue weighted by Gasteiger charge is -2.12. The van der Waals surface area contributed by atoms with E-state index in [0.29, 0.717) is 6.10 Å². The molecule has 1 saturated heterocycles. The van der Waals surface area contributed by atoms with Gasteiger partial charge in [-0.05, 0) is 37.7 Å². The first kappa shape index (κ1) is 17.6. The maximum Gasteiger partial charge on any atom is 0.190 e. The van der Waals surface area contributed by atoms with Gasteiger partial charge in [0.05, 0.1) is 12.7 Å². The molecule has 1 aliphatic rings. The molecule has 0 amide bonds. The summed E-state index contributed by atoms with van der Waals surface area (Å²) in [5.74, 6) is 2.06. The molecule has 0 bridgehead atoms. The molecule has 0 saturated carbocycles. The molecular formula is C14H29N3O2S. The summed E-state index contributed by atoms with van der Waals surface area (Å²) >= 11 is 1.87. The van der Waals surface area contributed by atoms with Crippen LogP contribution in [0.1, 0.15) is 25.7 Å². The summed E-state index contributed by atoms with van der Waals surface area (Å²) in [6.07, 6.45) is 6.92. The van der Waals surface area contributed by atoms with E-state index >= 15 is 0 Å². The summed E-state index contributed by atoms with van der Waals surface area (Å²) < 4.78 is 11.1. The fourth-order valence-electron chi connectivity index (χ4n) is 2.02. The molecule has 0 spiro atoms. The van der Waals surface area contributed by atoms with Crippen LogP contribution in [0.15, 0.2) is 4.99 Å². The molecule has 0 aromatic carbocycles. The van der Waals surface area contributed by atoms with Crippen molar-refractivity contribution in [2.45, 2.75) is 31.8 Å². The summed E-state index contributed by atoms with van der Waals surface area (Å²) in [5, 5.41) is 6.60. The Morgan fingerprint density at radius 2 is 2.15 bits per heavy atom. The summed E-state index contributed by atoms with van der Waals surface area (Å²) in [4.78, 5) is 4.19. The number of aliphatic imine (C=N–C) groups is 1. The van der Waals surface area contributed by atoms with Gasteiger partial charge >= 0.3 is 0 Å². The standard InChI is InChI=1S/C14H29N3O2S/c1-15-14(17-8-5-11-20-2)16-7-4-9-18-12-13-6-3-10-19-13/h13H,3-12H2,1-2H3,(H2,15,16,17). The molecule has 5 nitrogen and oxygen atoms in total. The predicted molar refractivity (Wildman–Crippen MR) is 86.8 cm³/mol. The molecule has 0 aromatic rings. The first-order chi connectivity index (χ1) is 9.86. The van der Waals surface area contributed by atoms with Gasteiger partial charge < -0.3 is 20.1 Å². The fraction of sp³-hybridized carbons (Fsp3) is 0.929. The van der Waals surface area contributed by atoms with Gasteiger partial charge in [-0.1, -0.05) is 0 Å². The molecule has 2 N–H and O–H groups in total. The van der Waals surface area contributed by atoms with Crippen LogP contribution in [-0.4, -0.2) is 64.0 Å². The maximum atomic E-state index is 5.62. The first-order valence-electron chi connectivity index (χ1n) is 7.49. The average molecular weight is 303 g/mol. The van der Waals surface area contributed by atoms with Crippen LogP contribution in [0.3, 0.4) is 0 Å². The van der Waals surface area contributed by atoms with Crippen molar-refractivity contribution in [1.29, 1.82) is 0 Å². The normalized spacial score (nSPS) is 19.3. The smallest absolute Gasteiger partial charge is 0.190 e. The van der Waals surface area contributed by atoms with E-state index in [4.69, 9.17) is 9.47 Å². The van der Waals surface area contributed by atoms with Crippen LogP contribution >= 0.6 is 11.8 Å². The summed E-state index contributed by atoms with van der Waals surface area (Å²) in [6, 6.07) is 0. The average Bonchev–Trinajstić information content (AvgIpc) is 2.98. The number of thioether (sulfide) groups is 1. The van der Waals surface area contributed by atoms with Gasteiger partial charge in [0.1, 0.15) is 0 Å². The van der Waals surface area contributed by atoms with Gasteiger partial charge in [0.25, 0.3) is 0 Å². The third kappa shape index (κ3) is 8.66. The van der Waals surface area contributed by atoms with Crippen LogP contribution < -0.4 is 10.6 Å². The number of ether oxygens (including phenoxy) is 2. The summed E-state index contributed by atoms with van der Waals surface area (Å²) in [6.45, 7) is 4.26. The fourth-order valence-corrected chi connectivity index (χ4v) is 2.45. The zero-order chi connectivity index (χ0) is 14.5. The highest BCUT2D eigenvalue weighted by Gasteiger charge is 2.14. The van der Waals surface area contributed by atoms with E-state index in [9.17, 15) is 0 Å². The van der Waals surface area contributed by atoms with Crippen LogP contribution in [-0.2, 0) is 9.47 Å². The van der Waals surface area contributed by atoms with E-state index in [1.54, 1.807) is 7.05 Å². The second-order valence-corrected chi connectivity index (χ2v) is 5.82. The molecule has 1 unspecified atom stereocenters. The second-order valence-electron chi connectivity index (χ2n) is 4.84. The number of guanidine groups is 1. The molecule has 0 aromatic heterocycles. The Labute approximate surface area is 127 Å². The van der Waals surface area contributed by atoms with Gasteiger partial charge in [0.2, 0.25) is 0 Å². The van der Waals surface area contributed by atoms with E-state index in [0.717, 1.165) is 58.1 Å². The van der Waals surface area contributed by atoms with Crippen molar-refractivity contribution in [2.75, 3.05) is 52.0 Å². The highest BCUT2D eigenvalue weighted by atomic mass is 32.2. The van der Waals surface area contributed by atoms with Crippen LogP contribution in [0.4, 0.5) is 0 Å². The van der Waals surface area contributed by atoms with Crippen LogP contribution in [0.5, 0.6) is 0 Å². The van der Waals surface area contributed by atoms with Crippen LogP contribution in [0, 0.1) is 0 Å². The molecule has 118 valence electrons. The van der Waals surface area contributed by atoms with Gasteiger partial charge in [-0.3, -0.25) is 4.99 Å². The van der Waals surface area contributed by atoms with Gasteiger partial charge in [-0.15, -0.1) is 0 Å². The SMILES string of the molecule is CN=C(NCCCOCC1CCCO1)NCCCSC. The van der Waals surface area contributed by atoms with Gasteiger partial charge in [0, 0.05) is 33.4 Å². The third-order valence-corrected chi connectivity index (χ3v) is 3.82. The van der Waals surface area contributed by atoms with E-state index in [-0.39, 0.29) is 0 Å². The minimum atomic E-state index is 0.328. The Morgan fingerprint density at radius 3 is 2.80 bits per heavy atom. The van der Waals surface area contributed by atoms with E-state index in [2.05, 4.69) is 21.9 Å². The van der Waals surface area contributed by atoms with E-state index in [1.165, 1.54) is 12.2 Å². The number of hydrogen-bond acceptors (Lipinski definition) is 4. The number of nitrogens with zero attached hydrogens (tertiary/aromatic N) is 1. The number of rotatable bonds is 10. The topological polar surface area (TPSA) is 54.9 Å². The number of hydrogen-bond donors (Lipinski definition) is 2. The molecule has 1 heterocycles. The second kappa shape index (κ2) is 12.3. The van der Waals surface area contributed by atoms with Gasteiger partial charge in [-0.25, -0.2) is 0 Å². The van der Waals surface area contributed by atoms with Crippen molar-refractivity contribution in [2.24, 2.45) is 4.99 Å². The Bertz CT molecular complexity index is 259. The van der Waals surface area contributed by atoms with Crippen LogP contribution in [0.25, 0.3) is 0 Å². The first-order valence-corrected chi connectivity index (χ1v) is 8.89. The quantitative estimate of drug-likeness (QED) is 0.364. The Balaban J connectivity index is 1.90. The van der Waals surface area contributed by atoms with Crippen molar-refractivity contribution in [3.05, 3.63) is 0 Å². The van der Waals surface area contributed by atoms with Crippen molar-refractivity contribution in [1.82, 2.24) is 10.6 Å². The summed E-state index contributed by atoms with van der Waals surface area (Å²) in [5.41, 5.74) is 0. The third-order valence-electron chi connectivity index (χ3n) is 3.13. The van der Waals surface area contributed by atoms with Crippen molar-refractivity contribution in [3.8, 4) is 0 Å². The maximum absolute atomic E-state index is 5.62.